The molecule has 32 heavy (non-hydrogen) atoms. The zero-order valence-electron chi connectivity index (χ0n) is 18.5. The van der Waals surface area contributed by atoms with Crippen LogP contribution in [0.1, 0.15) is 44.2 Å². The number of nitrogens with one attached hydrogen (secondary N) is 1. The van der Waals surface area contributed by atoms with E-state index in [9.17, 15) is 14.4 Å². The molecule has 1 saturated heterocycles. The molecule has 0 unspecified atom stereocenters. The maximum Gasteiger partial charge on any atom is 0.313 e. The first-order valence-corrected chi connectivity index (χ1v) is 10.9. The van der Waals surface area contributed by atoms with E-state index in [2.05, 4.69) is 11.4 Å². The van der Waals surface area contributed by atoms with Crippen LogP contribution in [0.5, 0.6) is 0 Å². The molecule has 1 aliphatic heterocycles. The Bertz CT molecular complexity index is 1020. The molecule has 1 fully saturated rings. The smallest absolute Gasteiger partial charge is 0.313 e. The number of nitrogens with zero attached hydrogens (tertiary/aromatic N) is 3. The van der Waals surface area contributed by atoms with Crippen molar-refractivity contribution in [1.82, 2.24) is 4.90 Å². The summed E-state index contributed by atoms with van der Waals surface area (Å²) in [6, 6.07) is 16.1. The Labute approximate surface area is 188 Å². The van der Waals surface area contributed by atoms with Crippen LogP contribution in [0, 0.1) is 17.2 Å². The number of hydrogen-bond acceptors (Lipinski definition) is 4. The van der Waals surface area contributed by atoms with Crippen LogP contribution in [-0.2, 0) is 20.9 Å². The Morgan fingerprint density at radius 3 is 2.56 bits per heavy atom. The van der Waals surface area contributed by atoms with Crippen LogP contribution in [0.2, 0.25) is 0 Å². The topological polar surface area (TPSA) is 93.5 Å². The number of amides is 3. The molecule has 1 aliphatic rings. The van der Waals surface area contributed by atoms with Gasteiger partial charge in [0.15, 0.2) is 0 Å². The Hall–Kier alpha value is -3.66. The van der Waals surface area contributed by atoms with Gasteiger partial charge in [-0.2, -0.15) is 5.26 Å². The third-order valence-corrected chi connectivity index (χ3v) is 5.26. The van der Waals surface area contributed by atoms with Crippen LogP contribution in [0.3, 0.4) is 0 Å². The van der Waals surface area contributed by atoms with Crippen molar-refractivity contribution in [3.05, 3.63) is 59.7 Å². The normalized spacial score (nSPS) is 13.6. The fourth-order valence-corrected chi connectivity index (χ4v) is 3.75. The van der Waals surface area contributed by atoms with E-state index in [-0.39, 0.29) is 18.4 Å². The second-order valence-corrected chi connectivity index (χ2v) is 8.40. The molecule has 3 amide bonds. The van der Waals surface area contributed by atoms with Gasteiger partial charge >= 0.3 is 11.8 Å². The number of benzene rings is 2. The molecule has 2 aromatic carbocycles. The molecule has 3 rings (SSSR count). The summed E-state index contributed by atoms with van der Waals surface area (Å²) in [5.41, 5.74) is 2.59. The van der Waals surface area contributed by atoms with E-state index in [1.807, 2.05) is 19.9 Å². The summed E-state index contributed by atoms with van der Waals surface area (Å²) < 4.78 is 0. The molecule has 166 valence electrons. The SMILES string of the molecule is CC(C)CN(Cc1cccc(C#N)c1)C(=O)C(=O)Nc1ccc(N2CCCCC2=O)cc1. The van der Waals surface area contributed by atoms with Crippen molar-refractivity contribution in [1.29, 1.82) is 5.26 Å². The van der Waals surface area contributed by atoms with Crippen molar-refractivity contribution in [2.24, 2.45) is 5.92 Å². The molecule has 0 saturated carbocycles. The van der Waals surface area contributed by atoms with Gasteiger partial charge in [-0.1, -0.05) is 26.0 Å². The monoisotopic (exact) mass is 432 g/mol. The second kappa shape index (κ2) is 10.6. The minimum absolute atomic E-state index is 0.105. The second-order valence-electron chi connectivity index (χ2n) is 8.40. The van der Waals surface area contributed by atoms with Gasteiger partial charge in [0.2, 0.25) is 5.91 Å². The Balaban J connectivity index is 1.68. The minimum atomic E-state index is -0.719. The van der Waals surface area contributed by atoms with Crippen molar-refractivity contribution in [2.75, 3.05) is 23.3 Å². The Morgan fingerprint density at radius 1 is 1.16 bits per heavy atom. The average molecular weight is 433 g/mol. The van der Waals surface area contributed by atoms with E-state index in [1.165, 1.54) is 4.90 Å². The van der Waals surface area contributed by atoms with Crippen molar-refractivity contribution in [3.63, 3.8) is 0 Å². The Kier molecular flexibility index (Phi) is 7.61. The highest BCUT2D eigenvalue weighted by Gasteiger charge is 2.24. The van der Waals surface area contributed by atoms with Gasteiger partial charge in [-0.15, -0.1) is 0 Å². The molecule has 0 aromatic heterocycles. The van der Waals surface area contributed by atoms with Gasteiger partial charge in [0.05, 0.1) is 11.6 Å². The number of carbonyl (C=O) groups excluding carboxylic acids is 3. The summed E-state index contributed by atoms with van der Waals surface area (Å²) in [6.07, 6.45) is 2.44. The standard InChI is InChI=1S/C25H28N4O3/c1-18(2)16-28(17-20-7-5-6-19(14-20)15-26)25(32)24(31)27-21-9-11-22(12-10-21)29-13-4-3-8-23(29)30/h5-7,9-12,14,18H,3-4,8,13,16-17H2,1-2H3,(H,27,31). The quantitative estimate of drug-likeness (QED) is 0.705. The highest BCUT2D eigenvalue weighted by molar-refractivity contribution is 6.39. The predicted octanol–water partition coefficient (Wildman–Crippen LogP) is 3.70. The summed E-state index contributed by atoms with van der Waals surface area (Å²) in [5.74, 6) is -1.07. The first-order valence-electron chi connectivity index (χ1n) is 10.9. The van der Waals surface area contributed by atoms with Crippen molar-refractivity contribution < 1.29 is 14.4 Å². The van der Waals surface area contributed by atoms with Gasteiger partial charge < -0.3 is 15.1 Å². The van der Waals surface area contributed by atoms with Crippen LogP contribution in [0.15, 0.2) is 48.5 Å². The largest absolute Gasteiger partial charge is 0.330 e. The van der Waals surface area contributed by atoms with Crippen LogP contribution >= 0.6 is 0 Å². The van der Waals surface area contributed by atoms with Crippen LogP contribution < -0.4 is 10.2 Å². The lowest BCUT2D eigenvalue weighted by Crippen LogP contribution is -2.41. The molecule has 0 radical (unpaired) electrons. The van der Waals surface area contributed by atoms with E-state index in [0.717, 1.165) is 24.1 Å². The van der Waals surface area contributed by atoms with E-state index < -0.39 is 11.8 Å². The van der Waals surface area contributed by atoms with Crippen LogP contribution in [0.25, 0.3) is 0 Å². The number of carbonyl (C=O) groups is 3. The van der Waals surface area contributed by atoms with Crippen molar-refractivity contribution in [3.8, 4) is 6.07 Å². The fraction of sp³-hybridized carbons (Fsp3) is 0.360. The fourth-order valence-electron chi connectivity index (χ4n) is 3.75. The van der Waals surface area contributed by atoms with Crippen LogP contribution in [-0.4, -0.2) is 35.7 Å². The lowest BCUT2D eigenvalue weighted by molar-refractivity contribution is -0.143. The van der Waals surface area contributed by atoms with E-state index >= 15 is 0 Å². The molecule has 7 nitrogen and oxygen atoms in total. The highest BCUT2D eigenvalue weighted by Crippen LogP contribution is 2.23. The summed E-state index contributed by atoms with van der Waals surface area (Å²) >= 11 is 0. The van der Waals surface area contributed by atoms with Crippen LogP contribution in [0.4, 0.5) is 11.4 Å². The summed E-state index contributed by atoms with van der Waals surface area (Å²) in [5, 5.41) is 11.8. The van der Waals surface area contributed by atoms with Crippen molar-refractivity contribution in [2.45, 2.75) is 39.7 Å². The molecule has 0 bridgehead atoms. The number of piperidine rings is 1. The molecule has 2 aromatic rings. The van der Waals surface area contributed by atoms with Gasteiger partial charge in [-0.25, -0.2) is 0 Å². The summed E-state index contributed by atoms with van der Waals surface area (Å²) in [4.78, 5) is 40.9. The van der Waals surface area contributed by atoms with Crippen molar-refractivity contribution >= 4 is 29.1 Å². The van der Waals surface area contributed by atoms with E-state index in [1.54, 1.807) is 47.4 Å². The van der Waals surface area contributed by atoms with E-state index in [0.29, 0.717) is 30.8 Å². The first-order chi connectivity index (χ1) is 15.4. The summed E-state index contributed by atoms with van der Waals surface area (Å²) in [6.45, 7) is 5.31. The van der Waals surface area contributed by atoms with Gasteiger partial charge in [-0.05, 0) is 60.7 Å². The number of rotatable bonds is 6. The zero-order valence-corrected chi connectivity index (χ0v) is 18.5. The predicted molar refractivity (Wildman–Crippen MR) is 123 cm³/mol. The molecule has 7 heteroatoms. The van der Waals surface area contributed by atoms with E-state index in [4.69, 9.17) is 5.26 Å². The lowest BCUT2D eigenvalue weighted by atomic mass is 10.1. The maximum atomic E-state index is 12.9. The van der Waals surface area contributed by atoms with Gasteiger partial charge in [0, 0.05) is 37.4 Å². The minimum Gasteiger partial charge on any atom is -0.330 e. The van der Waals surface area contributed by atoms with Gasteiger partial charge in [0.1, 0.15) is 0 Å². The molecule has 1 heterocycles. The molecule has 1 N–H and O–H groups in total. The Morgan fingerprint density at radius 2 is 1.91 bits per heavy atom. The third kappa shape index (κ3) is 5.94. The highest BCUT2D eigenvalue weighted by atomic mass is 16.2. The summed E-state index contributed by atoms with van der Waals surface area (Å²) in [7, 11) is 0. The molecular formula is C25H28N4O3. The van der Waals surface area contributed by atoms with Gasteiger partial charge in [0.25, 0.3) is 0 Å². The number of nitriles is 1. The molecule has 0 aliphatic carbocycles. The number of hydrogen-bond donors (Lipinski definition) is 1. The average Bonchev–Trinajstić information content (AvgIpc) is 2.79. The first kappa shape index (κ1) is 23.0. The third-order valence-electron chi connectivity index (χ3n) is 5.26. The molecule has 0 spiro atoms. The van der Waals surface area contributed by atoms with Gasteiger partial charge in [-0.3, -0.25) is 14.4 Å². The zero-order chi connectivity index (χ0) is 23.1. The molecule has 0 atom stereocenters. The lowest BCUT2D eigenvalue weighted by Gasteiger charge is -2.27. The molecular weight excluding hydrogens is 404 g/mol. The number of anilines is 2. The maximum absolute atomic E-state index is 12.9.